The highest BCUT2D eigenvalue weighted by atomic mass is 127. The molecule has 0 saturated carbocycles. The number of hydrogen-bond acceptors (Lipinski definition) is 3. The van der Waals surface area contributed by atoms with Gasteiger partial charge in [-0.15, -0.1) is 24.0 Å². The molecule has 0 amide bonds. The second kappa shape index (κ2) is 14.0. The van der Waals surface area contributed by atoms with Crippen molar-refractivity contribution in [2.24, 2.45) is 4.99 Å². The summed E-state index contributed by atoms with van der Waals surface area (Å²) in [7, 11) is 0. The summed E-state index contributed by atoms with van der Waals surface area (Å²) in [5.74, 6) is 0.293. The molecule has 0 aromatic heterocycles. The van der Waals surface area contributed by atoms with Crippen LogP contribution in [0.2, 0.25) is 0 Å². The minimum atomic E-state index is -0.220. The molecule has 5 nitrogen and oxygen atoms in total. The lowest BCUT2D eigenvalue weighted by Gasteiger charge is -2.11. The van der Waals surface area contributed by atoms with E-state index in [1.165, 1.54) is 12.1 Å². The van der Waals surface area contributed by atoms with Crippen molar-refractivity contribution in [3.63, 3.8) is 0 Å². The molecule has 7 heteroatoms. The number of nitrogens with zero attached hydrogens (tertiary/aromatic N) is 1. The van der Waals surface area contributed by atoms with E-state index in [0.29, 0.717) is 44.9 Å². The summed E-state index contributed by atoms with van der Waals surface area (Å²) in [5, 5.41) is 6.34. The summed E-state index contributed by atoms with van der Waals surface area (Å²) in [6, 6.07) is 6.57. The van der Waals surface area contributed by atoms with Crippen LogP contribution in [0.15, 0.2) is 29.3 Å². The molecule has 136 valence electrons. The fourth-order valence-corrected chi connectivity index (χ4v) is 2.01. The molecule has 2 N–H and O–H groups in total. The lowest BCUT2D eigenvalue weighted by atomic mass is 10.1. The van der Waals surface area contributed by atoms with E-state index in [4.69, 9.17) is 4.74 Å². The Balaban J connectivity index is 0.00000529. The van der Waals surface area contributed by atoms with Crippen LogP contribution in [0.4, 0.5) is 4.39 Å². The van der Waals surface area contributed by atoms with Crippen LogP contribution in [0.3, 0.4) is 0 Å². The second-order valence-electron chi connectivity index (χ2n) is 4.98. The number of aliphatic imine (C=N–C) groups is 1. The molecule has 0 bridgehead atoms. The lowest BCUT2D eigenvalue weighted by Crippen LogP contribution is -2.38. The molecule has 1 aromatic carbocycles. The third-order valence-electron chi connectivity index (χ3n) is 3.05. The Hall–Kier alpha value is -1.38. The van der Waals surface area contributed by atoms with Gasteiger partial charge in [-0.25, -0.2) is 4.39 Å². The van der Waals surface area contributed by atoms with Gasteiger partial charge in [-0.2, -0.15) is 0 Å². The number of halogens is 2. The van der Waals surface area contributed by atoms with Crippen molar-refractivity contribution in [3.05, 3.63) is 35.6 Å². The van der Waals surface area contributed by atoms with Gasteiger partial charge in [0.1, 0.15) is 5.82 Å². The van der Waals surface area contributed by atoms with Gasteiger partial charge in [-0.1, -0.05) is 12.1 Å². The van der Waals surface area contributed by atoms with Crippen LogP contribution in [0, 0.1) is 5.82 Å². The monoisotopic (exact) mass is 451 g/mol. The number of benzene rings is 1. The van der Waals surface area contributed by atoms with Crippen molar-refractivity contribution in [2.75, 3.05) is 26.2 Å². The van der Waals surface area contributed by atoms with E-state index in [9.17, 15) is 9.18 Å². The van der Waals surface area contributed by atoms with Crippen LogP contribution in [-0.2, 0) is 16.0 Å². The zero-order valence-corrected chi connectivity index (χ0v) is 16.6. The molecule has 0 saturated heterocycles. The van der Waals surface area contributed by atoms with Crippen LogP contribution in [0.1, 0.15) is 32.3 Å². The summed E-state index contributed by atoms with van der Waals surface area (Å²) in [6.45, 7) is 6.15. The number of esters is 1. The Morgan fingerprint density at radius 2 is 2.08 bits per heavy atom. The highest BCUT2D eigenvalue weighted by Gasteiger charge is 2.02. The molecule has 0 atom stereocenters. The topological polar surface area (TPSA) is 62.7 Å². The fourth-order valence-electron chi connectivity index (χ4n) is 2.01. The van der Waals surface area contributed by atoms with Gasteiger partial charge in [0.2, 0.25) is 0 Å². The maximum absolute atomic E-state index is 13.1. The fraction of sp³-hybridized carbons (Fsp3) is 0.529. The number of guanidine groups is 1. The van der Waals surface area contributed by atoms with Gasteiger partial charge >= 0.3 is 5.97 Å². The summed E-state index contributed by atoms with van der Waals surface area (Å²) < 4.78 is 18.0. The minimum Gasteiger partial charge on any atom is -0.466 e. The van der Waals surface area contributed by atoms with Crippen molar-refractivity contribution >= 4 is 35.9 Å². The van der Waals surface area contributed by atoms with Crippen molar-refractivity contribution in [1.29, 1.82) is 0 Å². The van der Waals surface area contributed by atoms with Gasteiger partial charge in [0.25, 0.3) is 0 Å². The van der Waals surface area contributed by atoms with E-state index in [1.54, 1.807) is 13.0 Å². The first kappa shape index (κ1) is 22.6. The van der Waals surface area contributed by atoms with Gasteiger partial charge < -0.3 is 15.4 Å². The zero-order chi connectivity index (χ0) is 16.9. The van der Waals surface area contributed by atoms with Gasteiger partial charge in [0.15, 0.2) is 5.96 Å². The molecule has 0 radical (unpaired) electrons. The standard InChI is InChI=1S/C17H26FN3O2.HI/c1-3-19-17(20-11-6-9-16(22)23-4-2)21-12-10-14-7-5-8-15(18)13-14;/h5,7-8,13H,3-4,6,9-12H2,1-2H3,(H2,19,20,21);1H. The smallest absolute Gasteiger partial charge is 0.305 e. The zero-order valence-electron chi connectivity index (χ0n) is 14.3. The SMILES string of the molecule is CCNC(=NCCCC(=O)OCC)NCCc1cccc(F)c1.I. The minimum absolute atomic E-state index is 0. The van der Waals surface area contributed by atoms with Gasteiger partial charge in [-0.3, -0.25) is 9.79 Å². The average molecular weight is 451 g/mol. The molecule has 1 rings (SSSR count). The number of carbonyl (C=O) groups is 1. The van der Waals surface area contributed by atoms with E-state index < -0.39 is 0 Å². The van der Waals surface area contributed by atoms with Crippen LogP contribution in [0.25, 0.3) is 0 Å². The van der Waals surface area contributed by atoms with E-state index in [0.717, 1.165) is 12.1 Å². The number of nitrogens with one attached hydrogen (secondary N) is 2. The Labute approximate surface area is 160 Å². The molecule has 0 aliphatic heterocycles. The molecule has 0 spiro atoms. The summed E-state index contributed by atoms with van der Waals surface area (Å²) in [5.41, 5.74) is 0.940. The van der Waals surface area contributed by atoms with Crippen molar-refractivity contribution in [3.8, 4) is 0 Å². The summed E-state index contributed by atoms with van der Waals surface area (Å²) in [4.78, 5) is 15.6. The maximum Gasteiger partial charge on any atom is 0.305 e. The van der Waals surface area contributed by atoms with Crippen LogP contribution in [0.5, 0.6) is 0 Å². The van der Waals surface area contributed by atoms with Crippen LogP contribution < -0.4 is 10.6 Å². The normalized spacial score (nSPS) is 10.7. The van der Waals surface area contributed by atoms with Crippen LogP contribution in [-0.4, -0.2) is 38.2 Å². The third kappa shape index (κ3) is 10.4. The first-order chi connectivity index (χ1) is 11.2. The molecular formula is C17H27FIN3O2. The van der Waals surface area contributed by atoms with Crippen molar-refractivity contribution in [1.82, 2.24) is 10.6 Å². The van der Waals surface area contributed by atoms with Gasteiger partial charge in [0.05, 0.1) is 6.61 Å². The predicted octanol–water partition coefficient (Wildman–Crippen LogP) is 2.88. The number of rotatable bonds is 9. The predicted molar refractivity (Wildman–Crippen MR) is 105 cm³/mol. The molecule has 24 heavy (non-hydrogen) atoms. The number of hydrogen-bond donors (Lipinski definition) is 2. The number of carbonyl (C=O) groups excluding carboxylic acids is 1. The first-order valence-electron chi connectivity index (χ1n) is 8.08. The van der Waals surface area contributed by atoms with Crippen LogP contribution >= 0.6 is 24.0 Å². The first-order valence-corrected chi connectivity index (χ1v) is 8.08. The summed E-state index contributed by atoms with van der Waals surface area (Å²) >= 11 is 0. The van der Waals surface area contributed by atoms with E-state index in [1.807, 2.05) is 13.0 Å². The molecule has 0 unspecified atom stereocenters. The Morgan fingerprint density at radius 3 is 2.75 bits per heavy atom. The van der Waals surface area contributed by atoms with E-state index >= 15 is 0 Å². The second-order valence-corrected chi connectivity index (χ2v) is 4.98. The molecular weight excluding hydrogens is 424 g/mol. The molecule has 0 aliphatic carbocycles. The maximum atomic E-state index is 13.1. The highest BCUT2D eigenvalue weighted by Crippen LogP contribution is 2.03. The Kier molecular flexibility index (Phi) is 13.2. The largest absolute Gasteiger partial charge is 0.466 e. The molecule has 0 aliphatic rings. The van der Waals surface area contributed by atoms with Gasteiger partial charge in [0, 0.05) is 26.1 Å². The third-order valence-corrected chi connectivity index (χ3v) is 3.05. The Morgan fingerprint density at radius 1 is 1.29 bits per heavy atom. The number of ether oxygens (including phenoxy) is 1. The Bertz CT molecular complexity index is 512. The van der Waals surface area contributed by atoms with E-state index in [2.05, 4.69) is 15.6 Å². The molecule has 1 aromatic rings. The van der Waals surface area contributed by atoms with Gasteiger partial charge in [-0.05, 0) is 44.4 Å². The van der Waals surface area contributed by atoms with E-state index in [-0.39, 0.29) is 35.8 Å². The lowest BCUT2D eigenvalue weighted by molar-refractivity contribution is -0.143. The molecule has 0 heterocycles. The average Bonchev–Trinajstić information content (AvgIpc) is 2.52. The van der Waals surface area contributed by atoms with Crippen molar-refractivity contribution in [2.45, 2.75) is 33.1 Å². The quantitative estimate of drug-likeness (QED) is 0.199. The van der Waals surface area contributed by atoms with Crippen molar-refractivity contribution < 1.29 is 13.9 Å². The highest BCUT2D eigenvalue weighted by molar-refractivity contribution is 14.0. The molecule has 0 fully saturated rings. The summed E-state index contributed by atoms with van der Waals surface area (Å²) in [6.07, 6.45) is 1.74.